The average molecular weight is 385 g/mol. The molecule has 1 aliphatic rings. The summed E-state index contributed by atoms with van der Waals surface area (Å²) in [5.41, 5.74) is 1.47. The molecule has 0 aliphatic carbocycles. The molecule has 5 nitrogen and oxygen atoms in total. The summed E-state index contributed by atoms with van der Waals surface area (Å²) >= 11 is 1.27. The van der Waals surface area contributed by atoms with Gasteiger partial charge in [-0.25, -0.2) is 13.8 Å². The van der Waals surface area contributed by atoms with Crippen LogP contribution in [0, 0.1) is 11.6 Å². The minimum atomic E-state index is -0.661. The molecule has 136 valence electrons. The van der Waals surface area contributed by atoms with E-state index in [1.807, 2.05) is 0 Å². The van der Waals surface area contributed by atoms with E-state index in [1.54, 1.807) is 23.6 Å². The first kappa shape index (κ1) is 17.3. The lowest BCUT2D eigenvalue weighted by atomic mass is 10.1. The molecule has 4 rings (SSSR count). The first-order valence-electron chi connectivity index (χ1n) is 8.05. The van der Waals surface area contributed by atoms with Crippen LogP contribution in [-0.2, 0) is 6.54 Å². The number of benzene rings is 2. The minimum absolute atomic E-state index is 0.148. The zero-order valence-electron chi connectivity index (χ0n) is 14.1. The number of hydrogen-bond donors (Lipinski definition) is 1. The molecule has 1 aromatic heterocycles. The summed E-state index contributed by atoms with van der Waals surface area (Å²) in [5.74, 6) is -1.99. The second-order valence-corrected chi connectivity index (χ2v) is 6.95. The number of amides is 2. The van der Waals surface area contributed by atoms with Gasteiger partial charge in [0.15, 0.2) is 0 Å². The highest BCUT2D eigenvalue weighted by molar-refractivity contribution is 7.10. The number of fused-ring (bicyclic) bond motifs is 1. The summed E-state index contributed by atoms with van der Waals surface area (Å²) in [7, 11) is 1.44. The van der Waals surface area contributed by atoms with E-state index < -0.39 is 11.6 Å². The Morgan fingerprint density at radius 1 is 1.07 bits per heavy atom. The number of hydrogen-bond acceptors (Lipinski definition) is 5. The normalized spacial score (nSPS) is 13.2. The van der Waals surface area contributed by atoms with Crippen molar-refractivity contribution < 1.29 is 18.4 Å². The van der Waals surface area contributed by atoms with Crippen LogP contribution in [0.5, 0.6) is 0 Å². The molecule has 1 aliphatic heterocycles. The topological polar surface area (TPSA) is 62.3 Å². The molecular weight excluding hydrogens is 372 g/mol. The van der Waals surface area contributed by atoms with Gasteiger partial charge in [0.1, 0.15) is 16.6 Å². The molecule has 3 aromatic rings. The largest absolute Gasteiger partial charge is 0.379 e. The molecule has 0 unspecified atom stereocenters. The Hall–Kier alpha value is -3.13. The SMILES string of the molecule is CN1C(=O)c2ccc(NCc3nc(-c4c(F)cccc4F)cs3)cc2C1=O. The van der Waals surface area contributed by atoms with Crippen LogP contribution in [0.1, 0.15) is 25.7 Å². The van der Waals surface area contributed by atoms with Crippen LogP contribution < -0.4 is 5.32 Å². The van der Waals surface area contributed by atoms with Crippen molar-refractivity contribution in [3.05, 3.63) is 69.5 Å². The predicted octanol–water partition coefficient (Wildman–Crippen LogP) is 3.93. The number of nitrogens with one attached hydrogen (secondary N) is 1. The number of carbonyl (C=O) groups is 2. The Morgan fingerprint density at radius 2 is 1.78 bits per heavy atom. The first-order valence-corrected chi connectivity index (χ1v) is 8.93. The molecule has 0 radical (unpaired) electrons. The van der Waals surface area contributed by atoms with Crippen LogP contribution in [0.15, 0.2) is 41.8 Å². The van der Waals surface area contributed by atoms with E-state index in [-0.39, 0.29) is 23.1 Å². The maximum absolute atomic E-state index is 13.9. The summed E-state index contributed by atoms with van der Waals surface area (Å²) in [4.78, 5) is 29.3. The number of aromatic nitrogens is 1. The average Bonchev–Trinajstić information content (AvgIpc) is 3.20. The standard InChI is InChI=1S/C19H13F2N3O2S/c1-24-18(25)11-6-5-10(7-12(11)19(24)26)22-8-16-23-15(9-27-16)17-13(20)3-2-4-14(17)21/h2-7,9,22H,8H2,1H3. The molecule has 0 fully saturated rings. The zero-order valence-corrected chi connectivity index (χ0v) is 14.9. The van der Waals surface area contributed by atoms with Gasteiger partial charge in [0.25, 0.3) is 11.8 Å². The van der Waals surface area contributed by atoms with Gasteiger partial charge in [0, 0.05) is 18.1 Å². The third kappa shape index (κ3) is 2.97. The Balaban J connectivity index is 1.52. The maximum atomic E-state index is 13.9. The Morgan fingerprint density at radius 3 is 2.52 bits per heavy atom. The second-order valence-electron chi connectivity index (χ2n) is 6.01. The van der Waals surface area contributed by atoms with E-state index in [1.165, 1.54) is 36.6 Å². The summed E-state index contributed by atoms with van der Waals surface area (Å²) < 4.78 is 27.7. The van der Waals surface area contributed by atoms with E-state index in [9.17, 15) is 18.4 Å². The van der Waals surface area contributed by atoms with Crippen molar-refractivity contribution in [3.63, 3.8) is 0 Å². The molecule has 0 spiro atoms. The molecular formula is C19H13F2N3O2S. The molecule has 1 N–H and O–H groups in total. The molecule has 0 saturated carbocycles. The number of nitrogens with zero attached hydrogens (tertiary/aromatic N) is 2. The van der Waals surface area contributed by atoms with Crippen molar-refractivity contribution in [2.24, 2.45) is 0 Å². The van der Waals surface area contributed by atoms with E-state index >= 15 is 0 Å². The maximum Gasteiger partial charge on any atom is 0.261 e. The molecule has 0 saturated heterocycles. The summed E-state index contributed by atoms with van der Waals surface area (Å²) in [6, 6.07) is 8.60. The van der Waals surface area contributed by atoms with E-state index in [0.29, 0.717) is 28.4 Å². The van der Waals surface area contributed by atoms with Gasteiger partial charge in [-0.2, -0.15) is 0 Å². The van der Waals surface area contributed by atoms with Gasteiger partial charge < -0.3 is 5.32 Å². The Labute approximate surface area is 157 Å². The zero-order chi connectivity index (χ0) is 19.1. The van der Waals surface area contributed by atoms with Crippen molar-refractivity contribution >= 4 is 28.8 Å². The predicted molar refractivity (Wildman–Crippen MR) is 97.7 cm³/mol. The van der Waals surface area contributed by atoms with Crippen molar-refractivity contribution in [2.45, 2.75) is 6.54 Å². The van der Waals surface area contributed by atoms with Gasteiger partial charge in [-0.05, 0) is 30.3 Å². The van der Waals surface area contributed by atoms with Crippen LogP contribution in [-0.4, -0.2) is 28.7 Å². The molecule has 0 atom stereocenters. The summed E-state index contributed by atoms with van der Waals surface area (Å²) in [6.45, 7) is 0.317. The molecule has 2 heterocycles. The van der Waals surface area contributed by atoms with Crippen molar-refractivity contribution in [3.8, 4) is 11.3 Å². The lowest BCUT2D eigenvalue weighted by molar-refractivity contribution is 0.0693. The van der Waals surface area contributed by atoms with Gasteiger partial charge in [0.05, 0.1) is 28.9 Å². The van der Waals surface area contributed by atoms with Gasteiger partial charge >= 0.3 is 0 Å². The fourth-order valence-electron chi connectivity index (χ4n) is 2.90. The lowest BCUT2D eigenvalue weighted by Crippen LogP contribution is -2.24. The van der Waals surface area contributed by atoms with E-state index in [4.69, 9.17) is 0 Å². The highest BCUT2D eigenvalue weighted by Gasteiger charge is 2.32. The first-order chi connectivity index (χ1) is 13.0. The number of thiazole rings is 1. The smallest absolute Gasteiger partial charge is 0.261 e. The summed E-state index contributed by atoms with van der Waals surface area (Å²) in [5, 5.41) is 5.34. The number of rotatable bonds is 4. The van der Waals surface area contributed by atoms with Crippen molar-refractivity contribution in [1.29, 1.82) is 0 Å². The third-order valence-electron chi connectivity index (χ3n) is 4.30. The van der Waals surface area contributed by atoms with Crippen LogP contribution in [0.4, 0.5) is 14.5 Å². The van der Waals surface area contributed by atoms with Crippen molar-refractivity contribution in [1.82, 2.24) is 9.88 Å². The highest BCUT2D eigenvalue weighted by Crippen LogP contribution is 2.28. The fourth-order valence-corrected chi connectivity index (χ4v) is 3.62. The molecule has 2 amide bonds. The fraction of sp³-hybridized carbons (Fsp3) is 0.105. The lowest BCUT2D eigenvalue weighted by Gasteiger charge is -2.05. The van der Waals surface area contributed by atoms with E-state index in [2.05, 4.69) is 10.3 Å². The van der Waals surface area contributed by atoms with Gasteiger partial charge in [-0.15, -0.1) is 11.3 Å². The number of anilines is 1. The Bertz CT molecular complexity index is 1060. The van der Waals surface area contributed by atoms with Crippen LogP contribution in [0.2, 0.25) is 0 Å². The molecule has 0 bridgehead atoms. The van der Waals surface area contributed by atoms with Gasteiger partial charge in [-0.1, -0.05) is 6.07 Å². The highest BCUT2D eigenvalue weighted by atomic mass is 32.1. The van der Waals surface area contributed by atoms with Crippen LogP contribution in [0.3, 0.4) is 0 Å². The minimum Gasteiger partial charge on any atom is -0.379 e. The van der Waals surface area contributed by atoms with Gasteiger partial charge in [0.2, 0.25) is 0 Å². The van der Waals surface area contributed by atoms with Gasteiger partial charge in [-0.3, -0.25) is 14.5 Å². The molecule has 2 aromatic carbocycles. The van der Waals surface area contributed by atoms with Crippen LogP contribution in [0.25, 0.3) is 11.3 Å². The molecule has 27 heavy (non-hydrogen) atoms. The van der Waals surface area contributed by atoms with E-state index in [0.717, 1.165) is 4.90 Å². The number of halogens is 2. The van der Waals surface area contributed by atoms with Crippen molar-refractivity contribution in [2.75, 3.05) is 12.4 Å². The second kappa shape index (κ2) is 6.55. The van der Waals surface area contributed by atoms with Crippen LogP contribution >= 0.6 is 11.3 Å². The Kier molecular flexibility index (Phi) is 4.19. The molecule has 8 heteroatoms. The number of carbonyl (C=O) groups excluding carboxylic acids is 2. The summed E-state index contributed by atoms with van der Waals surface area (Å²) in [6.07, 6.45) is 0. The number of imide groups is 1. The quantitative estimate of drug-likeness (QED) is 0.692. The third-order valence-corrected chi connectivity index (χ3v) is 5.15. The monoisotopic (exact) mass is 385 g/mol.